The minimum atomic E-state index is -0.172. The number of aromatic nitrogens is 3. The molecule has 1 aliphatic heterocycles. The molecule has 2 fully saturated rings. The molecule has 0 atom stereocenters. The van der Waals surface area contributed by atoms with Gasteiger partial charge in [0.1, 0.15) is 5.82 Å². The lowest BCUT2D eigenvalue weighted by atomic mass is 9.93. The summed E-state index contributed by atoms with van der Waals surface area (Å²) in [6.45, 7) is 7.21. The lowest BCUT2D eigenvalue weighted by Crippen LogP contribution is -2.44. The summed E-state index contributed by atoms with van der Waals surface area (Å²) in [5, 5.41) is 16.5. The van der Waals surface area contributed by atoms with Crippen LogP contribution in [0.2, 0.25) is 0 Å². The number of nitrogens with zero attached hydrogens (tertiary/aromatic N) is 5. The maximum absolute atomic E-state index is 9.78. The normalized spacial score (nSPS) is 19.4. The third kappa shape index (κ3) is 6.42. The van der Waals surface area contributed by atoms with Crippen LogP contribution in [0.4, 0.5) is 17.5 Å². The quantitative estimate of drug-likeness (QED) is 0.523. The zero-order chi connectivity index (χ0) is 23.0. The Hall–Kier alpha value is -2.71. The van der Waals surface area contributed by atoms with E-state index < -0.39 is 0 Å². The first kappa shape index (κ1) is 23.4. The fraction of sp³-hybridized carbons (Fsp3) is 0.560. The molecule has 0 spiro atoms. The van der Waals surface area contributed by atoms with Crippen molar-refractivity contribution in [1.82, 2.24) is 19.9 Å². The minimum Gasteiger partial charge on any atom is -0.393 e. The molecule has 2 aromatic heterocycles. The molecule has 3 N–H and O–H groups in total. The Labute approximate surface area is 197 Å². The summed E-state index contributed by atoms with van der Waals surface area (Å²) in [4.78, 5) is 18.8. The number of hydrogen-bond donors (Lipinski definition) is 3. The Morgan fingerprint density at radius 2 is 1.88 bits per heavy atom. The van der Waals surface area contributed by atoms with Crippen molar-refractivity contribution in [2.24, 2.45) is 0 Å². The number of nitrogens with one attached hydrogen (secondary N) is 2. The maximum atomic E-state index is 9.78. The summed E-state index contributed by atoms with van der Waals surface area (Å²) in [5.41, 5.74) is 4.20. The molecule has 33 heavy (non-hydrogen) atoms. The number of piperazine rings is 1. The van der Waals surface area contributed by atoms with Crippen molar-refractivity contribution >= 4 is 17.5 Å². The number of rotatable bonds is 8. The van der Waals surface area contributed by atoms with Gasteiger partial charge in [-0.3, -0.25) is 4.98 Å². The lowest BCUT2D eigenvalue weighted by molar-refractivity contribution is 0.143. The van der Waals surface area contributed by atoms with Crippen molar-refractivity contribution in [1.29, 1.82) is 0 Å². The molecule has 4 rings (SSSR count). The van der Waals surface area contributed by atoms with E-state index in [9.17, 15) is 5.11 Å². The molecule has 1 saturated carbocycles. The van der Waals surface area contributed by atoms with Gasteiger partial charge in [-0.2, -0.15) is 4.98 Å². The standard InChI is InChI=1S/C25H37N7O/c1-3-4-11-26-25-29-18-22(24(30-25)28-16-19-5-8-21(33)9-6-19)23-10-7-20(17-27-23)32-14-12-31(2)13-15-32/h7,10,16-18,21,33H,3-6,8-9,11-15H2,1-2H3,(H2,26,28,29,30). The summed E-state index contributed by atoms with van der Waals surface area (Å²) in [5.74, 6) is 1.38. The van der Waals surface area contributed by atoms with Crippen molar-refractivity contribution in [2.45, 2.75) is 51.6 Å². The number of likely N-dealkylation sites (N-methyl/N-ethyl adjacent to an activating group) is 1. The predicted molar refractivity (Wildman–Crippen MR) is 135 cm³/mol. The summed E-state index contributed by atoms with van der Waals surface area (Å²) in [7, 11) is 2.17. The molecule has 1 saturated heterocycles. The molecule has 1 aliphatic carbocycles. The number of aliphatic hydroxyl groups is 1. The van der Waals surface area contributed by atoms with E-state index in [0.29, 0.717) is 5.95 Å². The highest BCUT2D eigenvalue weighted by molar-refractivity contribution is 5.74. The monoisotopic (exact) mass is 451 g/mol. The predicted octanol–water partition coefficient (Wildman–Crippen LogP) is 3.73. The summed E-state index contributed by atoms with van der Waals surface area (Å²) in [6.07, 6.45) is 11.4. The van der Waals surface area contributed by atoms with Gasteiger partial charge in [-0.05, 0) is 51.3 Å². The molecule has 0 aromatic carbocycles. The van der Waals surface area contributed by atoms with Gasteiger partial charge in [0.15, 0.2) is 0 Å². The zero-order valence-corrected chi connectivity index (χ0v) is 19.9. The van der Waals surface area contributed by atoms with Gasteiger partial charge in [0, 0.05) is 45.1 Å². The number of hydrogen-bond acceptors (Lipinski definition) is 8. The number of aliphatic hydroxyl groups excluding tert-OH is 1. The third-order valence-corrected chi connectivity index (χ3v) is 6.50. The largest absolute Gasteiger partial charge is 0.393 e. The van der Waals surface area contributed by atoms with Crippen LogP contribution in [0.5, 0.6) is 0 Å². The second-order valence-corrected chi connectivity index (χ2v) is 9.11. The highest BCUT2D eigenvalue weighted by Gasteiger charge is 2.17. The minimum absolute atomic E-state index is 0.172. The molecule has 8 heteroatoms. The Kier molecular flexibility index (Phi) is 8.12. The number of allylic oxidation sites excluding steroid dienone is 1. The molecule has 178 valence electrons. The molecular formula is C25H37N7O. The first-order chi connectivity index (χ1) is 16.1. The van der Waals surface area contributed by atoms with Gasteiger partial charge < -0.3 is 25.5 Å². The van der Waals surface area contributed by atoms with E-state index in [4.69, 9.17) is 9.97 Å². The third-order valence-electron chi connectivity index (χ3n) is 6.50. The summed E-state index contributed by atoms with van der Waals surface area (Å²) >= 11 is 0. The molecule has 0 amide bonds. The number of anilines is 3. The first-order valence-corrected chi connectivity index (χ1v) is 12.3. The highest BCUT2D eigenvalue weighted by Crippen LogP contribution is 2.29. The van der Waals surface area contributed by atoms with Crippen LogP contribution in [0.15, 0.2) is 36.3 Å². The zero-order valence-electron chi connectivity index (χ0n) is 19.9. The van der Waals surface area contributed by atoms with Crippen molar-refractivity contribution in [2.75, 3.05) is 55.3 Å². The molecule has 0 bridgehead atoms. The molecular weight excluding hydrogens is 414 g/mol. The van der Waals surface area contributed by atoms with Gasteiger partial charge >= 0.3 is 0 Å². The topological polar surface area (TPSA) is 89.4 Å². The van der Waals surface area contributed by atoms with Crippen LogP contribution >= 0.6 is 0 Å². The van der Waals surface area contributed by atoms with E-state index >= 15 is 0 Å². The van der Waals surface area contributed by atoms with Crippen molar-refractivity contribution in [3.8, 4) is 11.3 Å². The molecule has 0 radical (unpaired) electrons. The van der Waals surface area contributed by atoms with Crippen LogP contribution in [-0.4, -0.2) is 70.8 Å². The number of unbranched alkanes of at least 4 members (excludes halogenated alkanes) is 1. The van der Waals surface area contributed by atoms with Gasteiger partial charge in [-0.15, -0.1) is 0 Å². The average molecular weight is 452 g/mol. The molecule has 2 aliphatic rings. The van der Waals surface area contributed by atoms with Gasteiger partial charge in [0.2, 0.25) is 5.95 Å². The van der Waals surface area contributed by atoms with Crippen molar-refractivity contribution in [3.05, 3.63) is 36.3 Å². The fourth-order valence-electron chi connectivity index (χ4n) is 4.23. The molecule has 0 unspecified atom stereocenters. The SMILES string of the molecule is CCCCNc1ncc(-c2ccc(N3CCN(C)CC3)cn2)c(NC=C2CCC(O)CC2)n1. The van der Waals surface area contributed by atoms with Crippen LogP contribution in [0.25, 0.3) is 11.3 Å². The molecule has 3 heterocycles. The first-order valence-electron chi connectivity index (χ1n) is 12.3. The van der Waals surface area contributed by atoms with Gasteiger partial charge in [0.05, 0.1) is 29.2 Å². The number of pyridine rings is 1. The molecule has 2 aromatic rings. The van der Waals surface area contributed by atoms with Gasteiger partial charge in [0.25, 0.3) is 0 Å². The van der Waals surface area contributed by atoms with Crippen LogP contribution in [0.3, 0.4) is 0 Å². The lowest BCUT2D eigenvalue weighted by Gasteiger charge is -2.33. The van der Waals surface area contributed by atoms with E-state index in [1.54, 1.807) is 0 Å². The Balaban J connectivity index is 1.53. The van der Waals surface area contributed by atoms with Crippen molar-refractivity contribution < 1.29 is 5.11 Å². The Morgan fingerprint density at radius 1 is 1.09 bits per heavy atom. The van der Waals surface area contributed by atoms with E-state index in [2.05, 4.69) is 51.5 Å². The van der Waals surface area contributed by atoms with Crippen molar-refractivity contribution in [3.63, 3.8) is 0 Å². The van der Waals surface area contributed by atoms with Crippen LogP contribution in [0.1, 0.15) is 45.4 Å². The summed E-state index contributed by atoms with van der Waals surface area (Å²) < 4.78 is 0. The van der Waals surface area contributed by atoms with E-state index in [1.165, 1.54) is 5.57 Å². The summed E-state index contributed by atoms with van der Waals surface area (Å²) in [6, 6.07) is 4.21. The smallest absolute Gasteiger partial charge is 0.224 e. The fourth-order valence-corrected chi connectivity index (χ4v) is 4.23. The van der Waals surface area contributed by atoms with E-state index in [0.717, 1.165) is 94.0 Å². The second kappa shape index (κ2) is 11.4. The second-order valence-electron chi connectivity index (χ2n) is 9.11. The average Bonchev–Trinajstić information content (AvgIpc) is 2.85. The van der Waals surface area contributed by atoms with Crippen LogP contribution in [-0.2, 0) is 0 Å². The van der Waals surface area contributed by atoms with Gasteiger partial charge in [-0.25, -0.2) is 4.98 Å². The highest BCUT2D eigenvalue weighted by atomic mass is 16.3. The van der Waals surface area contributed by atoms with Crippen LogP contribution < -0.4 is 15.5 Å². The van der Waals surface area contributed by atoms with E-state index in [-0.39, 0.29) is 6.10 Å². The maximum Gasteiger partial charge on any atom is 0.224 e. The van der Waals surface area contributed by atoms with E-state index in [1.807, 2.05) is 18.6 Å². The Morgan fingerprint density at radius 3 is 2.58 bits per heavy atom. The van der Waals surface area contributed by atoms with Crippen LogP contribution in [0, 0.1) is 0 Å². The Bertz CT molecular complexity index is 913. The molecule has 8 nitrogen and oxygen atoms in total. The van der Waals surface area contributed by atoms with Gasteiger partial charge in [-0.1, -0.05) is 18.9 Å².